The van der Waals surface area contributed by atoms with E-state index in [1.54, 1.807) is 0 Å². The van der Waals surface area contributed by atoms with E-state index in [4.69, 9.17) is 0 Å². The normalized spacial score (nSPS) is 11.2. The van der Waals surface area contributed by atoms with E-state index in [9.17, 15) is 0 Å². The molecule has 0 fully saturated rings. The smallest absolute Gasteiger partial charge is 0.00894 e. The molecule has 1 heteroatoms. The van der Waals surface area contributed by atoms with Crippen molar-refractivity contribution in [2.75, 3.05) is 6.16 Å². The highest BCUT2D eigenvalue weighted by Crippen LogP contribution is 2.30. The molecular formula is C24H35P. The number of aryl methyl sites for hydroxylation is 2. The minimum absolute atomic E-state index is 0.529. The van der Waals surface area contributed by atoms with Crippen LogP contribution in [0.5, 0.6) is 0 Å². The maximum atomic E-state index is 2.87. The molecule has 0 aromatic heterocycles. The second kappa shape index (κ2) is 11.5. The Morgan fingerprint density at radius 1 is 0.680 bits per heavy atom. The van der Waals surface area contributed by atoms with Crippen molar-refractivity contribution in [1.29, 1.82) is 0 Å². The summed E-state index contributed by atoms with van der Waals surface area (Å²) in [6.45, 7) is 4.52. The van der Waals surface area contributed by atoms with Crippen molar-refractivity contribution in [3.8, 4) is 0 Å². The van der Waals surface area contributed by atoms with Crippen molar-refractivity contribution in [3.63, 3.8) is 0 Å². The van der Waals surface area contributed by atoms with Gasteiger partial charge in [0.2, 0.25) is 0 Å². The van der Waals surface area contributed by atoms with Gasteiger partial charge < -0.3 is 0 Å². The van der Waals surface area contributed by atoms with Gasteiger partial charge in [-0.1, -0.05) is 75.2 Å². The van der Waals surface area contributed by atoms with Gasteiger partial charge in [0.1, 0.15) is 0 Å². The summed E-state index contributed by atoms with van der Waals surface area (Å²) in [5.41, 5.74) is 5.90. The Bertz CT molecular complexity index is 531. The maximum absolute atomic E-state index is 2.87. The van der Waals surface area contributed by atoms with Gasteiger partial charge in [0.25, 0.3) is 0 Å². The summed E-state index contributed by atoms with van der Waals surface area (Å²) < 4.78 is 0. The van der Waals surface area contributed by atoms with Crippen LogP contribution in [0.15, 0.2) is 48.5 Å². The molecule has 0 radical (unpaired) electrons. The SMILES string of the molecule is CCCCc1ccc(C(CCCP)c2ccc(CCCC)cc2)cc1. The zero-order valence-corrected chi connectivity index (χ0v) is 17.3. The third-order valence-corrected chi connectivity index (χ3v) is 5.51. The molecule has 0 amide bonds. The number of unbranched alkanes of at least 4 members (excludes halogenated alkanes) is 2. The van der Waals surface area contributed by atoms with Crippen molar-refractivity contribution < 1.29 is 0 Å². The zero-order valence-electron chi connectivity index (χ0n) is 16.1. The molecule has 2 rings (SSSR count). The lowest BCUT2D eigenvalue weighted by Gasteiger charge is -2.19. The summed E-state index contributed by atoms with van der Waals surface area (Å²) in [7, 11) is 2.87. The summed E-state index contributed by atoms with van der Waals surface area (Å²) in [6.07, 6.45) is 11.2. The summed E-state index contributed by atoms with van der Waals surface area (Å²) in [5.74, 6) is 0.529. The Morgan fingerprint density at radius 3 is 1.48 bits per heavy atom. The molecule has 0 aliphatic carbocycles. The van der Waals surface area contributed by atoms with Gasteiger partial charge in [-0.05, 0) is 66.9 Å². The van der Waals surface area contributed by atoms with E-state index >= 15 is 0 Å². The number of hydrogen-bond acceptors (Lipinski definition) is 0. The Morgan fingerprint density at radius 2 is 1.12 bits per heavy atom. The first-order valence-electron chi connectivity index (χ1n) is 10.2. The van der Waals surface area contributed by atoms with E-state index < -0.39 is 0 Å². The third-order valence-electron chi connectivity index (χ3n) is 5.10. The average molecular weight is 355 g/mol. The molecule has 136 valence electrons. The van der Waals surface area contributed by atoms with Gasteiger partial charge in [0.05, 0.1) is 0 Å². The molecule has 0 N–H and O–H groups in total. The Hall–Kier alpha value is -1.13. The lowest BCUT2D eigenvalue weighted by molar-refractivity contribution is 0.701. The summed E-state index contributed by atoms with van der Waals surface area (Å²) in [5, 5.41) is 0. The molecule has 1 atom stereocenters. The fourth-order valence-electron chi connectivity index (χ4n) is 3.44. The van der Waals surface area contributed by atoms with Crippen LogP contribution in [0.4, 0.5) is 0 Å². The predicted octanol–water partition coefficient (Wildman–Crippen LogP) is 7.16. The molecule has 0 saturated heterocycles. The van der Waals surface area contributed by atoms with Crippen LogP contribution in [-0.4, -0.2) is 6.16 Å². The van der Waals surface area contributed by atoms with E-state index in [1.807, 2.05) is 0 Å². The van der Waals surface area contributed by atoms with Crippen LogP contribution < -0.4 is 0 Å². The molecule has 0 spiro atoms. The van der Waals surface area contributed by atoms with Crippen LogP contribution in [0.1, 0.15) is 80.5 Å². The van der Waals surface area contributed by atoms with Gasteiger partial charge in [0, 0.05) is 5.92 Å². The highest BCUT2D eigenvalue weighted by Gasteiger charge is 2.14. The van der Waals surface area contributed by atoms with E-state index in [0.29, 0.717) is 5.92 Å². The fourth-order valence-corrected chi connectivity index (χ4v) is 3.68. The van der Waals surface area contributed by atoms with Crippen molar-refractivity contribution in [2.45, 2.75) is 71.1 Å². The fraction of sp³-hybridized carbons (Fsp3) is 0.500. The second-order valence-electron chi connectivity index (χ2n) is 7.17. The third kappa shape index (κ3) is 6.59. The second-order valence-corrected chi connectivity index (χ2v) is 7.75. The number of benzene rings is 2. The van der Waals surface area contributed by atoms with Crippen LogP contribution in [0, 0.1) is 0 Å². The van der Waals surface area contributed by atoms with E-state index in [2.05, 4.69) is 71.6 Å². The standard InChI is InChI=1S/C24H35P/c1-3-5-8-20-11-15-22(16-12-20)24(10-7-19-25)23-17-13-21(14-18-23)9-6-4-2/h11-18,24H,3-10,19,25H2,1-2H3. The van der Waals surface area contributed by atoms with Crippen LogP contribution in [0.2, 0.25) is 0 Å². The van der Waals surface area contributed by atoms with Crippen molar-refractivity contribution in [1.82, 2.24) is 0 Å². The van der Waals surface area contributed by atoms with Gasteiger partial charge in [-0.25, -0.2) is 0 Å². The molecule has 0 saturated carbocycles. The first-order valence-corrected chi connectivity index (χ1v) is 11.0. The van der Waals surface area contributed by atoms with Gasteiger partial charge in [-0.3, -0.25) is 0 Å². The summed E-state index contributed by atoms with van der Waals surface area (Å²) in [6, 6.07) is 18.8. The van der Waals surface area contributed by atoms with Gasteiger partial charge in [-0.15, -0.1) is 9.24 Å². The molecule has 0 heterocycles. The van der Waals surface area contributed by atoms with Crippen LogP contribution in [-0.2, 0) is 12.8 Å². The summed E-state index contributed by atoms with van der Waals surface area (Å²) >= 11 is 0. The van der Waals surface area contributed by atoms with Crippen molar-refractivity contribution in [2.24, 2.45) is 0 Å². The molecule has 1 unspecified atom stereocenters. The molecule has 0 aliphatic heterocycles. The monoisotopic (exact) mass is 354 g/mol. The maximum Gasteiger partial charge on any atom is 0.00894 e. The van der Waals surface area contributed by atoms with Gasteiger partial charge in [0.15, 0.2) is 0 Å². The first kappa shape index (κ1) is 20.2. The minimum Gasteiger partial charge on any atom is -0.138 e. The van der Waals surface area contributed by atoms with Gasteiger partial charge >= 0.3 is 0 Å². The molecule has 0 bridgehead atoms. The van der Waals surface area contributed by atoms with Crippen molar-refractivity contribution in [3.05, 3.63) is 70.8 Å². The zero-order chi connectivity index (χ0) is 17.9. The Balaban J connectivity index is 2.14. The molecule has 25 heavy (non-hydrogen) atoms. The molecule has 2 aromatic rings. The number of hydrogen-bond donors (Lipinski definition) is 0. The average Bonchev–Trinajstić information content (AvgIpc) is 2.67. The van der Waals surface area contributed by atoms with E-state index in [0.717, 1.165) is 0 Å². The topological polar surface area (TPSA) is 0 Å². The van der Waals surface area contributed by atoms with Crippen LogP contribution in [0.25, 0.3) is 0 Å². The van der Waals surface area contributed by atoms with Crippen LogP contribution >= 0.6 is 9.24 Å². The van der Waals surface area contributed by atoms with Crippen LogP contribution in [0.3, 0.4) is 0 Å². The summed E-state index contributed by atoms with van der Waals surface area (Å²) in [4.78, 5) is 0. The van der Waals surface area contributed by atoms with Crippen molar-refractivity contribution >= 4 is 9.24 Å². The molecular weight excluding hydrogens is 319 g/mol. The quantitative estimate of drug-likeness (QED) is 0.376. The molecule has 0 nitrogen and oxygen atoms in total. The van der Waals surface area contributed by atoms with E-state index in [-0.39, 0.29) is 0 Å². The molecule has 0 aliphatic rings. The molecule has 2 aromatic carbocycles. The van der Waals surface area contributed by atoms with Gasteiger partial charge in [-0.2, -0.15) is 0 Å². The Kier molecular flexibility index (Phi) is 9.27. The minimum atomic E-state index is 0.529. The lowest BCUT2D eigenvalue weighted by atomic mass is 9.86. The Labute approximate surface area is 157 Å². The first-order chi connectivity index (χ1) is 12.3. The largest absolute Gasteiger partial charge is 0.138 e. The highest BCUT2D eigenvalue weighted by molar-refractivity contribution is 7.16. The number of rotatable bonds is 11. The van der Waals surface area contributed by atoms with E-state index in [1.165, 1.54) is 79.8 Å². The predicted molar refractivity (Wildman–Crippen MR) is 116 cm³/mol. The highest BCUT2D eigenvalue weighted by atomic mass is 31.0. The lowest BCUT2D eigenvalue weighted by Crippen LogP contribution is -2.02.